The molecule has 4 rings (SSSR count). The summed E-state index contributed by atoms with van der Waals surface area (Å²) in [5.74, 6) is -0.566. The van der Waals surface area contributed by atoms with E-state index in [-0.39, 0.29) is 24.4 Å². The molecule has 1 unspecified atom stereocenters. The van der Waals surface area contributed by atoms with Gasteiger partial charge >= 0.3 is 24.2 Å². The topological polar surface area (TPSA) is 94.2 Å². The third kappa shape index (κ3) is 6.50. The number of amides is 4. The minimum atomic E-state index is -4.46. The largest absolute Gasteiger partial charge is 0.463 e. The number of carbonyl (C=O) groups is 3. The van der Waals surface area contributed by atoms with E-state index in [0.29, 0.717) is 42.5 Å². The molecule has 2 aromatic rings. The van der Waals surface area contributed by atoms with Crippen LogP contribution in [0.4, 0.5) is 28.4 Å². The highest BCUT2D eigenvalue weighted by Crippen LogP contribution is 2.35. The van der Waals surface area contributed by atoms with E-state index < -0.39 is 35.8 Å². The SMILES string of the molecule is CCOC(=O)C1=C(CN2CCN(C(=O)Nc3ccc(C(F)(F)F)cc3)CC2)N(C)C(=O)NC1c1ccccc1Cl. The molecule has 1 fully saturated rings. The van der Waals surface area contributed by atoms with Crippen molar-refractivity contribution < 1.29 is 32.3 Å². The number of halogens is 4. The van der Waals surface area contributed by atoms with E-state index in [1.54, 1.807) is 43.1 Å². The zero-order valence-corrected chi connectivity index (χ0v) is 22.7. The molecule has 2 N–H and O–H groups in total. The number of esters is 1. The molecule has 9 nitrogen and oxygen atoms in total. The first kappa shape index (κ1) is 29.2. The van der Waals surface area contributed by atoms with Crippen molar-refractivity contribution in [2.45, 2.75) is 19.1 Å². The smallest absolute Gasteiger partial charge is 0.416 e. The average Bonchev–Trinajstić information content (AvgIpc) is 2.91. The number of benzene rings is 2. The summed E-state index contributed by atoms with van der Waals surface area (Å²) in [6, 6.07) is 9.54. The number of carbonyl (C=O) groups excluding carboxylic acids is 3. The minimum Gasteiger partial charge on any atom is -0.463 e. The molecule has 2 aliphatic rings. The number of hydrogen-bond acceptors (Lipinski definition) is 5. The highest BCUT2D eigenvalue weighted by Gasteiger charge is 2.38. The first-order valence-electron chi connectivity index (χ1n) is 12.6. The minimum absolute atomic E-state index is 0.148. The summed E-state index contributed by atoms with van der Waals surface area (Å²) < 4.78 is 43.7. The Labute approximate surface area is 234 Å². The number of nitrogens with zero attached hydrogens (tertiary/aromatic N) is 3. The van der Waals surface area contributed by atoms with Crippen molar-refractivity contribution in [3.8, 4) is 0 Å². The van der Waals surface area contributed by atoms with Gasteiger partial charge in [-0.15, -0.1) is 0 Å². The number of likely N-dealkylation sites (N-methyl/N-ethyl adjacent to an activating group) is 1. The van der Waals surface area contributed by atoms with Crippen LogP contribution in [0.2, 0.25) is 5.02 Å². The molecule has 0 aliphatic carbocycles. The maximum atomic E-state index is 13.1. The lowest BCUT2D eigenvalue weighted by Gasteiger charge is -2.39. The lowest BCUT2D eigenvalue weighted by molar-refractivity contribution is -0.139. The Morgan fingerprint density at radius 3 is 2.33 bits per heavy atom. The second kappa shape index (κ2) is 12.2. The number of rotatable bonds is 6. The molecule has 214 valence electrons. The summed E-state index contributed by atoms with van der Waals surface area (Å²) >= 11 is 6.42. The maximum absolute atomic E-state index is 13.1. The van der Waals surface area contributed by atoms with Crippen molar-refractivity contribution in [2.75, 3.05) is 51.7 Å². The van der Waals surface area contributed by atoms with Gasteiger partial charge < -0.3 is 20.3 Å². The third-order valence-electron chi connectivity index (χ3n) is 6.78. The average molecular weight is 580 g/mol. The molecule has 1 saturated heterocycles. The number of hydrogen-bond donors (Lipinski definition) is 2. The Bertz CT molecular complexity index is 1290. The van der Waals surface area contributed by atoms with Crippen LogP contribution in [-0.4, -0.2) is 79.1 Å². The second-order valence-corrected chi connectivity index (χ2v) is 9.72. The van der Waals surface area contributed by atoms with Crippen LogP contribution in [0.15, 0.2) is 59.8 Å². The second-order valence-electron chi connectivity index (χ2n) is 9.31. The van der Waals surface area contributed by atoms with Gasteiger partial charge in [-0.2, -0.15) is 13.2 Å². The summed E-state index contributed by atoms with van der Waals surface area (Å²) in [5.41, 5.74) is 0.768. The molecule has 2 aromatic carbocycles. The van der Waals surface area contributed by atoms with Crippen LogP contribution in [0, 0.1) is 0 Å². The normalized spacial score (nSPS) is 18.4. The molecule has 0 radical (unpaired) electrons. The molecular weight excluding hydrogens is 551 g/mol. The van der Waals surface area contributed by atoms with E-state index in [0.717, 1.165) is 12.1 Å². The Balaban J connectivity index is 1.48. The molecule has 0 spiro atoms. The van der Waals surface area contributed by atoms with Gasteiger partial charge in [0.1, 0.15) is 0 Å². The molecule has 40 heavy (non-hydrogen) atoms. The maximum Gasteiger partial charge on any atom is 0.416 e. The van der Waals surface area contributed by atoms with Crippen molar-refractivity contribution in [3.05, 3.63) is 76.0 Å². The number of alkyl halides is 3. The first-order chi connectivity index (χ1) is 19.0. The van der Waals surface area contributed by atoms with Gasteiger partial charge in [0.2, 0.25) is 0 Å². The predicted octanol–water partition coefficient (Wildman–Crippen LogP) is 4.72. The fraction of sp³-hybridized carbons (Fsp3) is 0.370. The number of nitrogens with one attached hydrogen (secondary N) is 2. The van der Waals surface area contributed by atoms with E-state index in [2.05, 4.69) is 10.6 Å². The third-order valence-corrected chi connectivity index (χ3v) is 7.13. The number of piperazine rings is 1. The van der Waals surface area contributed by atoms with Gasteiger partial charge in [0.05, 0.1) is 23.8 Å². The van der Waals surface area contributed by atoms with E-state index in [1.165, 1.54) is 17.0 Å². The van der Waals surface area contributed by atoms with Gasteiger partial charge in [-0.25, -0.2) is 14.4 Å². The standard InChI is InChI=1S/C27H29ClF3N5O4/c1-3-40-24(37)22-21(34(2)25(38)33-23(22)19-6-4-5-7-20(19)28)16-35-12-14-36(15-13-35)26(39)32-18-10-8-17(9-11-18)27(29,30)31/h4-11,23H,3,12-16H2,1-2H3,(H,32,39)(H,33,38). The van der Waals surface area contributed by atoms with Gasteiger partial charge in [-0.3, -0.25) is 9.80 Å². The van der Waals surface area contributed by atoms with E-state index >= 15 is 0 Å². The Hall–Kier alpha value is -3.77. The molecule has 2 aliphatic heterocycles. The predicted molar refractivity (Wildman–Crippen MR) is 143 cm³/mol. The highest BCUT2D eigenvalue weighted by atomic mass is 35.5. The van der Waals surface area contributed by atoms with Crippen LogP contribution < -0.4 is 10.6 Å². The van der Waals surface area contributed by atoms with Crippen molar-refractivity contribution in [2.24, 2.45) is 0 Å². The Morgan fingerprint density at radius 1 is 1.07 bits per heavy atom. The molecule has 0 saturated carbocycles. The van der Waals surface area contributed by atoms with E-state index in [1.807, 2.05) is 4.90 Å². The van der Waals surface area contributed by atoms with Crippen molar-refractivity contribution in [3.63, 3.8) is 0 Å². The van der Waals surface area contributed by atoms with Crippen molar-refractivity contribution >= 4 is 35.3 Å². The van der Waals surface area contributed by atoms with Gasteiger partial charge in [-0.05, 0) is 42.8 Å². The monoisotopic (exact) mass is 579 g/mol. The molecule has 4 amide bonds. The van der Waals surface area contributed by atoms with Crippen LogP contribution in [0.3, 0.4) is 0 Å². The molecule has 1 atom stereocenters. The summed E-state index contributed by atoms with van der Waals surface area (Å²) in [5, 5.41) is 5.85. The summed E-state index contributed by atoms with van der Waals surface area (Å²) in [6.45, 7) is 3.63. The van der Waals surface area contributed by atoms with Gasteiger partial charge in [0.25, 0.3) is 0 Å². The molecule has 2 heterocycles. The molecular formula is C27H29ClF3N5O4. The number of urea groups is 2. The molecule has 0 aromatic heterocycles. The van der Waals surface area contributed by atoms with Gasteiger partial charge in [-0.1, -0.05) is 29.8 Å². The fourth-order valence-electron chi connectivity index (χ4n) is 4.61. The lowest BCUT2D eigenvalue weighted by atomic mass is 9.94. The Kier molecular flexibility index (Phi) is 8.89. The van der Waals surface area contributed by atoms with Crippen molar-refractivity contribution in [1.82, 2.24) is 20.0 Å². The van der Waals surface area contributed by atoms with Crippen LogP contribution in [-0.2, 0) is 15.7 Å². The van der Waals surface area contributed by atoms with Crippen molar-refractivity contribution in [1.29, 1.82) is 0 Å². The van der Waals surface area contributed by atoms with Gasteiger partial charge in [0.15, 0.2) is 0 Å². The quantitative estimate of drug-likeness (QED) is 0.483. The molecule has 0 bridgehead atoms. The van der Waals surface area contributed by atoms with Gasteiger partial charge in [0, 0.05) is 56.2 Å². The highest BCUT2D eigenvalue weighted by molar-refractivity contribution is 6.31. The van der Waals surface area contributed by atoms with E-state index in [9.17, 15) is 27.6 Å². The van der Waals surface area contributed by atoms with Crippen LogP contribution in [0.5, 0.6) is 0 Å². The number of ether oxygens (including phenoxy) is 1. The Morgan fingerprint density at radius 2 is 1.73 bits per heavy atom. The summed E-state index contributed by atoms with van der Waals surface area (Å²) in [4.78, 5) is 43.7. The number of anilines is 1. The van der Waals surface area contributed by atoms with Crippen LogP contribution >= 0.6 is 11.6 Å². The summed E-state index contributed by atoms with van der Waals surface area (Å²) in [6.07, 6.45) is -4.46. The zero-order valence-electron chi connectivity index (χ0n) is 21.9. The summed E-state index contributed by atoms with van der Waals surface area (Å²) in [7, 11) is 1.57. The van der Waals surface area contributed by atoms with E-state index in [4.69, 9.17) is 16.3 Å². The molecule has 13 heteroatoms. The van der Waals surface area contributed by atoms with Crippen LogP contribution in [0.25, 0.3) is 0 Å². The fourth-order valence-corrected chi connectivity index (χ4v) is 4.85. The van der Waals surface area contributed by atoms with Crippen LogP contribution in [0.1, 0.15) is 24.1 Å². The zero-order chi connectivity index (χ0) is 29.0. The first-order valence-corrected chi connectivity index (χ1v) is 13.0. The lowest BCUT2D eigenvalue weighted by Crippen LogP contribution is -2.53.